The van der Waals surface area contributed by atoms with E-state index in [0.29, 0.717) is 0 Å². The number of amides is 2. The summed E-state index contributed by atoms with van der Waals surface area (Å²) in [6.45, 7) is 1.95. The monoisotopic (exact) mass is 235 g/mol. The first kappa shape index (κ1) is 13.0. The molecule has 0 saturated heterocycles. The molecular weight excluding hydrogens is 218 g/mol. The lowest BCUT2D eigenvalue weighted by Crippen LogP contribution is -2.39. The summed E-state index contributed by atoms with van der Waals surface area (Å²) < 4.78 is 0. The number of hydrogen-bond acceptors (Lipinski definition) is 3. The molecule has 0 aliphatic carbocycles. The largest absolute Gasteiger partial charge is 0.373 e. The highest BCUT2D eigenvalue weighted by Crippen LogP contribution is 2.12. The molecule has 1 aromatic carbocycles. The molecule has 0 aliphatic rings. The van der Waals surface area contributed by atoms with Crippen molar-refractivity contribution in [1.82, 2.24) is 5.32 Å². The minimum Gasteiger partial charge on any atom is -0.373 e. The van der Waals surface area contributed by atoms with Crippen LogP contribution in [0, 0.1) is 6.92 Å². The van der Waals surface area contributed by atoms with Crippen LogP contribution < -0.4 is 16.4 Å². The standard InChI is InChI=1S/C12H17N3O2/c1-8-4-3-5-9(6-8)15-10(12(13)17)7-11(16)14-2/h3-6,10,15H,7H2,1-2H3,(H2,13,17)(H,14,16). The lowest BCUT2D eigenvalue weighted by atomic mass is 10.1. The van der Waals surface area contributed by atoms with Crippen LogP contribution in [0.1, 0.15) is 12.0 Å². The third kappa shape index (κ3) is 4.14. The molecule has 0 radical (unpaired) electrons. The number of carbonyl (C=O) groups excluding carboxylic acids is 2. The van der Waals surface area contributed by atoms with Gasteiger partial charge in [0, 0.05) is 12.7 Å². The van der Waals surface area contributed by atoms with Crippen molar-refractivity contribution in [1.29, 1.82) is 0 Å². The Bertz CT molecular complexity index is 418. The predicted octanol–water partition coefficient (Wildman–Crippen LogP) is 0.397. The average Bonchev–Trinajstić information content (AvgIpc) is 2.27. The molecule has 0 saturated carbocycles. The summed E-state index contributed by atoms with van der Waals surface area (Å²) >= 11 is 0. The molecule has 1 atom stereocenters. The molecule has 0 bridgehead atoms. The smallest absolute Gasteiger partial charge is 0.240 e. The molecule has 0 aliphatic heterocycles. The lowest BCUT2D eigenvalue weighted by Gasteiger charge is -2.16. The number of aryl methyl sites for hydroxylation is 1. The molecule has 2 amide bonds. The van der Waals surface area contributed by atoms with Gasteiger partial charge in [0.05, 0.1) is 6.42 Å². The molecule has 0 aromatic heterocycles. The summed E-state index contributed by atoms with van der Waals surface area (Å²) in [5.74, 6) is -0.774. The van der Waals surface area contributed by atoms with Crippen LogP contribution in [0.2, 0.25) is 0 Å². The van der Waals surface area contributed by atoms with E-state index in [0.717, 1.165) is 11.3 Å². The Hall–Kier alpha value is -2.04. The van der Waals surface area contributed by atoms with E-state index in [9.17, 15) is 9.59 Å². The number of nitrogens with two attached hydrogens (primary N) is 1. The molecular formula is C12H17N3O2. The van der Waals surface area contributed by atoms with Crippen LogP contribution in [-0.2, 0) is 9.59 Å². The highest BCUT2D eigenvalue weighted by Gasteiger charge is 2.18. The van der Waals surface area contributed by atoms with Gasteiger partial charge < -0.3 is 16.4 Å². The van der Waals surface area contributed by atoms with Gasteiger partial charge in [0.15, 0.2) is 0 Å². The van der Waals surface area contributed by atoms with Crippen molar-refractivity contribution in [2.75, 3.05) is 12.4 Å². The van der Waals surface area contributed by atoms with Gasteiger partial charge in [0.25, 0.3) is 0 Å². The molecule has 5 nitrogen and oxygen atoms in total. The van der Waals surface area contributed by atoms with E-state index in [1.807, 2.05) is 31.2 Å². The van der Waals surface area contributed by atoms with Crippen molar-refractivity contribution in [2.24, 2.45) is 5.73 Å². The summed E-state index contributed by atoms with van der Waals surface area (Å²) in [6, 6.07) is 6.84. The van der Waals surface area contributed by atoms with Crippen molar-refractivity contribution in [3.05, 3.63) is 29.8 Å². The molecule has 1 rings (SSSR count). The maximum Gasteiger partial charge on any atom is 0.240 e. The van der Waals surface area contributed by atoms with Crippen LogP contribution in [0.3, 0.4) is 0 Å². The molecule has 0 spiro atoms. The summed E-state index contributed by atoms with van der Waals surface area (Å²) in [5.41, 5.74) is 7.09. The highest BCUT2D eigenvalue weighted by molar-refractivity contribution is 5.89. The Balaban J connectivity index is 2.73. The van der Waals surface area contributed by atoms with Crippen molar-refractivity contribution >= 4 is 17.5 Å². The van der Waals surface area contributed by atoms with Crippen LogP contribution >= 0.6 is 0 Å². The Kier molecular flexibility index (Phi) is 4.51. The third-order valence-electron chi connectivity index (χ3n) is 2.37. The molecule has 1 unspecified atom stereocenters. The number of nitrogens with one attached hydrogen (secondary N) is 2. The lowest BCUT2D eigenvalue weighted by molar-refractivity contribution is -0.125. The van der Waals surface area contributed by atoms with Crippen molar-refractivity contribution in [3.8, 4) is 0 Å². The zero-order valence-electron chi connectivity index (χ0n) is 9.99. The summed E-state index contributed by atoms with van der Waals surface area (Å²) in [6.07, 6.45) is 0.0276. The highest BCUT2D eigenvalue weighted by atomic mass is 16.2. The second kappa shape index (κ2) is 5.89. The average molecular weight is 235 g/mol. The number of benzene rings is 1. The summed E-state index contributed by atoms with van der Waals surface area (Å²) in [7, 11) is 1.52. The van der Waals surface area contributed by atoms with Gasteiger partial charge in [-0.25, -0.2) is 0 Å². The Labute approximate surface area is 100 Å². The first-order valence-electron chi connectivity index (χ1n) is 5.36. The van der Waals surface area contributed by atoms with Crippen molar-refractivity contribution in [3.63, 3.8) is 0 Å². The van der Waals surface area contributed by atoms with Gasteiger partial charge in [-0.3, -0.25) is 9.59 Å². The van der Waals surface area contributed by atoms with Crippen LogP contribution in [0.5, 0.6) is 0 Å². The van der Waals surface area contributed by atoms with E-state index in [-0.39, 0.29) is 12.3 Å². The minimum atomic E-state index is -0.697. The predicted molar refractivity (Wildman–Crippen MR) is 66.5 cm³/mol. The second-order valence-corrected chi connectivity index (χ2v) is 3.85. The fourth-order valence-corrected chi connectivity index (χ4v) is 1.45. The van der Waals surface area contributed by atoms with Gasteiger partial charge in [-0.1, -0.05) is 12.1 Å². The number of hydrogen-bond donors (Lipinski definition) is 3. The molecule has 1 aromatic rings. The van der Waals surface area contributed by atoms with Crippen LogP contribution in [0.25, 0.3) is 0 Å². The number of primary amides is 1. The zero-order chi connectivity index (χ0) is 12.8. The van der Waals surface area contributed by atoms with Crippen LogP contribution in [0.4, 0.5) is 5.69 Å². The van der Waals surface area contributed by atoms with Gasteiger partial charge in [0.1, 0.15) is 6.04 Å². The van der Waals surface area contributed by atoms with Gasteiger partial charge in [-0.2, -0.15) is 0 Å². The SMILES string of the molecule is CNC(=O)CC(Nc1cccc(C)c1)C(N)=O. The van der Waals surface area contributed by atoms with E-state index in [4.69, 9.17) is 5.73 Å². The van der Waals surface area contributed by atoms with E-state index >= 15 is 0 Å². The second-order valence-electron chi connectivity index (χ2n) is 3.85. The third-order valence-corrected chi connectivity index (χ3v) is 2.37. The summed E-state index contributed by atoms with van der Waals surface area (Å²) in [4.78, 5) is 22.4. The quantitative estimate of drug-likeness (QED) is 0.690. The van der Waals surface area contributed by atoms with Gasteiger partial charge in [-0.15, -0.1) is 0 Å². The van der Waals surface area contributed by atoms with E-state index in [1.54, 1.807) is 0 Å². The van der Waals surface area contributed by atoms with Crippen LogP contribution in [0.15, 0.2) is 24.3 Å². The zero-order valence-corrected chi connectivity index (χ0v) is 9.99. The molecule has 92 valence electrons. The van der Waals surface area contributed by atoms with Crippen molar-refractivity contribution in [2.45, 2.75) is 19.4 Å². The fourth-order valence-electron chi connectivity index (χ4n) is 1.45. The van der Waals surface area contributed by atoms with Gasteiger partial charge in [-0.05, 0) is 24.6 Å². The molecule has 17 heavy (non-hydrogen) atoms. The number of rotatable bonds is 5. The number of carbonyl (C=O) groups is 2. The van der Waals surface area contributed by atoms with E-state index in [1.165, 1.54) is 7.05 Å². The first-order chi connectivity index (χ1) is 8.02. The van der Waals surface area contributed by atoms with Crippen LogP contribution in [-0.4, -0.2) is 24.9 Å². The minimum absolute atomic E-state index is 0.0276. The number of anilines is 1. The topological polar surface area (TPSA) is 84.2 Å². The van der Waals surface area contributed by atoms with E-state index < -0.39 is 11.9 Å². The first-order valence-corrected chi connectivity index (χ1v) is 5.36. The molecule has 0 fully saturated rings. The molecule has 4 N–H and O–H groups in total. The van der Waals surface area contributed by atoms with Gasteiger partial charge in [0.2, 0.25) is 11.8 Å². The van der Waals surface area contributed by atoms with Crippen molar-refractivity contribution < 1.29 is 9.59 Å². The molecule has 0 heterocycles. The summed E-state index contributed by atoms with van der Waals surface area (Å²) in [5, 5.41) is 5.41. The molecule has 5 heteroatoms. The fraction of sp³-hybridized carbons (Fsp3) is 0.333. The maximum absolute atomic E-state index is 11.2. The maximum atomic E-state index is 11.2. The normalized spacial score (nSPS) is 11.6. The Morgan fingerprint density at radius 3 is 2.65 bits per heavy atom. The Morgan fingerprint density at radius 1 is 1.41 bits per heavy atom. The van der Waals surface area contributed by atoms with E-state index in [2.05, 4.69) is 10.6 Å². The Morgan fingerprint density at radius 2 is 2.12 bits per heavy atom. The van der Waals surface area contributed by atoms with Gasteiger partial charge >= 0.3 is 0 Å².